The molecule has 1 N–H and O–H groups in total. The minimum atomic E-state index is -4.81. The van der Waals surface area contributed by atoms with Gasteiger partial charge in [-0.3, -0.25) is 9.10 Å². The molecular formula is C27H23F6N3O5S. The van der Waals surface area contributed by atoms with E-state index in [4.69, 9.17) is 9.47 Å². The van der Waals surface area contributed by atoms with E-state index < -0.39 is 50.2 Å². The number of fused-ring (bicyclic) bond motifs is 1. The normalized spacial score (nSPS) is 18.5. The molecule has 2 aromatic carbocycles. The van der Waals surface area contributed by atoms with E-state index in [2.05, 4.69) is 10.3 Å². The molecule has 42 heavy (non-hydrogen) atoms. The Bertz CT molecular complexity index is 1620. The third kappa shape index (κ3) is 5.88. The zero-order valence-corrected chi connectivity index (χ0v) is 22.6. The Morgan fingerprint density at radius 3 is 2.36 bits per heavy atom. The lowest BCUT2D eigenvalue weighted by molar-refractivity contribution is -0.141. The van der Waals surface area contributed by atoms with Gasteiger partial charge in [-0.1, -0.05) is 12.1 Å². The molecule has 1 aromatic heterocycles. The monoisotopic (exact) mass is 615 g/mol. The SMILES string of the molecule is CC(=O)NC1(CC2CN(S(=O)(=O)c3cccc(C(F)(F)F)c3)c3cc(-c4cccc(C(F)(F)F)n4)ccc3O2)COC1. The number of nitrogens with zero attached hydrogens (tertiary/aromatic N) is 2. The lowest BCUT2D eigenvalue weighted by Crippen LogP contribution is -2.64. The fourth-order valence-corrected chi connectivity index (χ4v) is 6.46. The Morgan fingerprint density at radius 2 is 1.74 bits per heavy atom. The largest absolute Gasteiger partial charge is 0.486 e. The number of hydrogen-bond acceptors (Lipinski definition) is 6. The van der Waals surface area contributed by atoms with Crippen LogP contribution in [-0.2, 0) is 31.9 Å². The number of amides is 1. The maximum Gasteiger partial charge on any atom is 0.433 e. The van der Waals surface area contributed by atoms with Gasteiger partial charge in [-0.05, 0) is 48.5 Å². The molecule has 3 heterocycles. The molecule has 1 amide bonds. The molecule has 0 radical (unpaired) electrons. The highest BCUT2D eigenvalue weighted by molar-refractivity contribution is 7.92. The number of nitrogens with one attached hydrogen (secondary N) is 1. The van der Waals surface area contributed by atoms with Crippen molar-refractivity contribution < 1.29 is 49.0 Å². The van der Waals surface area contributed by atoms with Crippen LogP contribution in [-0.4, -0.2) is 50.7 Å². The van der Waals surface area contributed by atoms with Gasteiger partial charge >= 0.3 is 12.4 Å². The average molecular weight is 616 g/mol. The number of benzene rings is 2. The van der Waals surface area contributed by atoms with Crippen LogP contribution in [0.15, 0.2) is 65.6 Å². The predicted molar refractivity (Wildman–Crippen MR) is 137 cm³/mol. The molecule has 0 saturated carbocycles. The van der Waals surface area contributed by atoms with Crippen molar-refractivity contribution in [2.45, 2.75) is 42.2 Å². The summed E-state index contributed by atoms with van der Waals surface area (Å²) in [6.45, 7) is 1.22. The highest BCUT2D eigenvalue weighted by Crippen LogP contribution is 2.42. The maximum atomic E-state index is 13.9. The Balaban J connectivity index is 1.59. The van der Waals surface area contributed by atoms with E-state index in [9.17, 15) is 39.6 Å². The van der Waals surface area contributed by atoms with Gasteiger partial charge in [0.2, 0.25) is 5.91 Å². The molecule has 8 nitrogen and oxygen atoms in total. The minimum Gasteiger partial charge on any atom is -0.486 e. The summed E-state index contributed by atoms with van der Waals surface area (Å²) in [5.74, 6) is -0.322. The first-order valence-corrected chi connectivity index (χ1v) is 13.9. The van der Waals surface area contributed by atoms with Crippen LogP contribution in [0.1, 0.15) is 24.6 Å². The molecule has 1 unspecified atom stereocenters. The van der Waals surface area contributed by atoms with E-state index in [1.54, 1.807) is 0 Å². The first-order valence-electron chi connectivity index (χ1n) is 12.5. The van der Waals surface area contributed by atoms with Crippen molar-refractivity contribution in [2.24, 2.45) is 0 Å². The Hall–Kier alpha value is -3.85. The molecule has 0 bridgehead atoms. The van der Waals surface area contributed by atoms with Crippen LogP contribution in [0, 0.1) is 0 Å². The van der Waals surface area contributed by atoms with Gasteiger partial charge < -0.3 is 14.8 Å². The highest BCUT2D eigenvalue weighted by atomic mass is 32.2. The number of pyridine rings is 1. The quantitative estimate of drug-likeness (QED) is 0.391. The summed E-state index contributed by atoms with van der Waals surface area (Å²) in [7, 11) is -4.65. The zero-order chi connectivity index (χ0) is 30.5. The van der Waals surface area contributed by atoms with Crippen molar-refractivity contribution in [1.82, 2.24) is 10.3 Å². The number of rotatable bonds is 6. The van der Waals surface area contributed by atoms with E-state index in [1.807, 2.05) is 0 Å². The smallest absolute Gasteiger partial charge is 0.433 e. The van der Waals surface area contributed by atoms with Gasteiger partial charge in [-0.15, -0.1) is 0 Å². The third-order valence-corrected chi connectivity index (χ3v) is 8.57. The van der Waals surface area contributed by atoms with E-state index in [0.29, 0.717) is 6.07 Å². The number of sulfonamides is 1. The van der Waals surface area contributed by atoms with Crippen LogP contribution in [0.4, 0.5) is 32.0 Å². The molecule has 2 aliphatic rings. The minimum absolute atomic E-state index is 0.0238. The van der Waals surface area contributed by atoms with E-state index in [-0.39, 0.29) is 54.8 Å². The molecule has 3 aromatic rings. The first-order chi connectivity index (χ1) is 19.6. The lowest BCUT2D eigenvalue weighted by Gasteiger charge is -2.45. The van der Waals surface area contributed by atoms with Crippen molar-refractivity contribution in [1.29, 1.82) is 0 Å². The Labute approximate surface area is 236 Å². The van der Waals surface area contributed by atoms with Gasteiger partial charge in [0.25, 0.3) is 10.0 Å². The van der Waals surface area contributed by atoms with Crippen LogP contribution in [0.3, 0.4) is 0 Å². The fourth-order valence-electron chi connectivity index (χ4n) is 4.92. The molecule has 224 valence electrons. The molecule has 2 aliphatic heterocycles. The predicted octanol–water partition coefficient (Wildman–Crippen LogP) is 5.04. The summed E-state index contributed by atoms with van der Waals surface area (Å²) in [6.07, 6.45) is -10.3. The number of alkyl halides is 6. The van der Waals surface area contributed by atoms with Crippen molar-refractivity contribution in [3.05, 3.63) is 71.9 Å². The summed E-state index contributed by atoms with van der Waals surface area (Å²) in [6, 6.07) is 10.5. The summed E-state index contributed by atoms with van der Waals surface area (Å²) in [4.78, 5) is 14.8. The van der Waals surface area contributed by atoms with Crippen molar-refractivity contribution >= 4 is 21.6 Å². The second-order valence-corrected chi connectivity index (χ2v) is 11.9. The average Bonchev–Trinajstić information content (AvgIpc) is 2.90. The summed E-state index contributed by atoms with van der Waals surface area (Å²) < 4.78 is 120. The molecular weight excluding hydrogens is 592 g/mol. The molecule has 15 heteroatoms. The van der Waals surface area contributed by atoms with Crippen molar-refractivity contribution in [3.8, 4) is 17.0 Å². The van der Waals surface area contributed by atoms with Gasteiger partial charge in [-0.25, -0.2) is 13.4 Å². The molecule has 5 rings (SSSR count). The summed E-state index contributed by atoms with van der Waals surface area (Å²) in [5, 5.41) is 2.78. The number of halogens is 6. The van der Waals surface area contributed by atoms with Crippen molar-refractivity contribution in [3.63, 3.8) is 0 Å². The third-order valence-electron chi connectivity index (χ3n) is 6.79. The van der Waals surface area contributed by atoms with E-state index >= 15 is 0 Å². The molecule has 1 fully saturated rings. The van der Waals surface area contributed by atoms with Gasteiger partial charge in [0.1, 0.15) is 17.5 Å². The number of carbonyl (C=O) groups excluding carboxylic acids is 1. The Morgan fingerprint density at radius 1 is 1.02 bits per heavy atom. The van der Waals surface area contributed by atoms with Crippen molar-refractivity contribution in [2.75, 3.05) is 24.1 Å². The summed E-state index contributed by atoms with van der Waals surface area (Å²) >= 11 is 0. The standard InChI is InChI=1S/C27H23F6N3O5S/c1-16(37)35-25(14-40-15-25)12-19-13-36(42(38,39)20-5-2-4-18(11-20)26(28,29)30)22-10-17(8-9-23(22)41-19)21-6-3-7-24(34-21)27(31,32)33/h2-11,19H,12-15H2,1H3,(H,35,37). The van der Waals surface area contributed by atoms with E-state index in [1.165, 1.54) is 31.2 Å². The van der Waals surface area contributed by atoms with Crippen LogP contribution in [0.5, 0.6) is 5.75 Å². The second kappa shape index (κ2) is 10.5. The van der Waals surface area contributed by atoms with Crippen LogP contribution >= 0.6 is 0 Å². The number of carbonyl (C=O) groups is 1. The van der Waals surface area contributed by atoms with Crippen LogP contribution in [0.2, 0.25) is 0 Å². The van der Waals surface area contributed by atoms with E-state index in [0.717, 1.165) is 34.6 Å². The number of aromatic nitrogens is 1. The molecule has 0 spiro atoms. The van der Waals surface area contributed by atoms with Crippen LogP contribution < -0.4 is 14.4 Å². The maximum absolute atomic E-state index is 13.9. The topological polar surface area (TPSA) is 97.8 Å². The second-order valence-electron chi connectivity index (χ2n) is 10.0. The first kappa shape index (κ1) is 29.6. The fraction of sp³-hybridized carbons (Fsp3) is 0.333. The molecule has 0 aliphatic carbocycles. The number of hydrogen-bond donors (Lipinski definition) is 1. The van der Waals surface area contributed by atoms with Gasteiger partial charge in [0.05, 0.1) is 47.1 Å². The van der Waals surface area contributed by atoms with Crippen LogP contribution in [0.25, 0.3) is 11.3 Å². The van der Waals surface area contributed by atoms with Gasteiger partial charge in [-0.2, -0.15) is 26.3 Å². The van der Waals surface area contributed by atoms with Gasteiger partial charge in [0, 0.05) is 18.9 Å². The molecule has 1 saturated heterocycles. The zero-order valence-electron chi connectivity index (χ0n) is 21.8. The summed E-state index contributed by atoms with van der Waals surface area (Å²) in [5.41, 5.74) is -3.27. The number of ether oxygens (including phenoxy) is 2. The van der Waals surface area contributed by atoms with Gasteiger partial charge in [0.15, 0.2) is 0 Å². The number of anilines is 1. The highest BCUT2D eigenvalue weighted by Gasteiger charge is 2.45. The molecule has 1 atom stereocenters. The lowest BCUT2D eigenvalue weighted by atomic mass is 9.89. The Kier molecular flexibility index (Phi) is 7.38.